The Labute approximate surface area is 229 Å². The van der Waals surface area contributed by atoms with E-state index in [1.165, 1.54) is 78.6 Å². The maximum atomic E-state index is 12.3. The quantitative estimate of drug-likeness (QED) is 0.0941. The van der Waals surface area contributed by atoms with Crippen molar-refractivity contribution >= 4 is 23.9 Å². The lowest BCUT2D eigenvalue weighted by Gasteiger charge is -2.22. The number of hydrogen-bond acceptors (Lipinski definition) is 9. The van der Waals surface area contributed by atoms with Gasteiger partial charge in [-0.2, -0.15) is 0 Å². The molecule has 3 atom stereocenters. The van der Waals surface area contributed by atoms with Crippen LogP contribution in [0.15, 0.2) is 0 Å². The van der Waals surface area contributed by atoms with Gasteiger partial charge >= 0.3 is 23.9 Å². The molecule has 0 rings (SSSR count). The predicted octanol–water partition coefficient (Wildman–Crippen LogP) is 5.58. The van der Waals surface area contributed by atoms with E-state index in [0.29, 0.717) is 19.3 Å². The van der Waals surface area contributed by atoms with E-state index in [9.17, 15) is 24.3 Å². The molecule has 38 heavy (non-hydrogen) atoms. The van der Waals surface area contributed by atoms with Crippen molar-refractivity contribution in [2.45, 2.75) is 149 Å². The SMILES string of the molecule is CCCCCCCCCCCCCC[C@@H](CC[C@H](CC(=O)O[C@@H](CO)COC(C)=O)OC(C)=O)OC(C)=O. The molecule has 0 aliphatic rings. The van der Waals surface area contributed by atoms with Crippen LogP contribution in [0.1, 0.15) is 130 Å². The molecule has 0 saturated carbocycles. The van der Waals surface area contributed by atoms with E-state index in [1.54, 1.807) is 0 Å². The predicted molar refractivity (Wildman–Crippen MR) is 144 cm³/mol. The number of esters is 4. The fourth-order valence-corrected chi connectivity index (χ4v) is 4.27. The minimum atomic E-state index is -0.996. The van der Waals surface area contributed by atoms with Gasteiger partial charge in [0.05, 0.1) is 13.0 Å². The highest BCUT2D eigenvalue weighted by Gasteiger charge is 2.23. The van der Waals surface area contributed by atoms with Gasteiger partial charge in [0.1, 0.15) is 18.8 Å². The molecule has 0 aromatic heterocycles. The number of aliphatic hydroxyl groups is 1. The summed E-state index contributed by atoms with van der Waals surface area (Å²) < 4.78 is 20.7. The molecule has 0 amide bonds. The number of hydrogen-bond donors (Lipinski definition) is 1. The van der Waals surface area contributed by atoms with E-state index in [-0.39, 0.29) is 25.1 Å². The summed E-state index contributed by atoms with van der Waals surface area (Å²) in [5, 5.41) is 9.34. The summed E-state index contributed by atoms with van der Waals surface area (Å²) in [4.78, 5) is 46.4. The summed E-state index contributed by atoms with van der Waals surface area (Å²) in [6.07, 6.45) is 14.1. The molecule has 0 bridgehead atoms. The van der Waals surface area contributed by atoms with Gasteiger partial charge in [0.25, 0.3) is 0 Å². The molecule has 0 aliphatic heterocycles. The molecule has 0 aliphatic carbocycles. The monoisotopic (exact) mass is 544 g/mol. The van der Waals surface area contributed by atoms with E-state index in [4.69, 9.17) is 18.9 Å². The van der Waals surface area contributed by atoms with Gasteiger partial charge in [-0.25, -0.2) is 0 Å². The first-order valence-corrected chi connectivity index (χ1v) is 14.5. The van der Waals surface area contributed by atoms with Crippen LogP contribution in [-0.2, 0) is 38.1 Å². The average Bonchev–Trinajstić information content (AvgIpc) is 2.84. The van der Waals surface area contributed by atoms with Crippen molar-refractivity contribution in [1.29, 1.82) is 0 Å². The lowest BCUT2D eigenvalue weighted by molar-refractivity contribution is -0.165. The van der Waals surface area contributed by atoms with Crippen molar-refractivity contribution in [3.8, 4) is 0 Å². The van der Waals surface area contributed by atoms with Gasteiger partial charge in [-0.05, 0) is 25.7 Å². The van der Waals surface area contributed by atoms with Gasteiger partial charge in [0, 0.05) is 20.8 Å². The van der Waals surface area contributed by atoms with Crippen molar-refractivity contribution in [3.05, 3.63) is 0 Å². The van der Waals surface area contributed by atoms with Gasteiger partial charge in [0.2, 0.25) is 0 Å². The maximum Gasteiger partial charge on any atom is 0.310 e. The fraction of sp³-hybridized carbons (Fsp3) is 0.862. The van der Waals surface area contributed by atoms with Gasteiger partial charge in [-0.3, -0.25) is 19.2 Å². The van der Waals surface area contributed by atoms with Crippen molar-refractivity contribution < 1.29 is 43.2 Å². The summed E-state index contributed by atoms with van der Waals surface area (Å²) in [7, 11) is 0. The van der Waals surface area contributed by atoms with E-state index in [0.717, 1.165) is 19.3 Å². The molecule has 0 heterocycles. The standard InChI is InChI=1S/C29H52O9/c1-5-6-7-8-9-10-11-12-13-14-15-16-17-26(36-24(3)32)18-19-27(37-25(4)33)20-29(34)38-28(21-30)22-35-23(2)31/h26-28,30H,5-22H2,1-4H3/t26-,27+,28-/m0/s1. The summed E-state index contributed by atoms with van der Waals surface area (Å²) in [6, 6.07) is 0. The second kappa shape index (κ2) is 23.9. The summed E-state index contributed by atoms with van der Waals surface area (Å²) in [6.45, 7) is 5.30. The van der Waals surface area contributed by atoms with Gasteiger partial charge in [0.15, 0.2) is 6.10 Å². The normalized spacial score (nSPS) is 13.3. The first-order valence-electron chi connectivity index (χ1n) is 14.5. The third-order valence-corrected chi connectivity index (χ3v) is 6.22. The number of unbranched alkanes of at least 4 members (excludes halogenated alkanes) is 11. The summed E-state index contributed by atoms with van der Waals surface area (Å²) in [5.41, 5.74) is 0. The Hall–Kier alpha value is -2.16. The third kappa shape index (κ3) is 23.0. The number of carbonyl (C=O) groups excluding carboxylic acids is 4. The lowest BCUT2D eigenvalue weighted by atomic mass is 10.0. The fourth-order valence-electron chi connectivity index (χ4n) is 4.27. The van der Waals surface area contributed by atoms with Crippen LogP contribution in [0.3, 0.4) is 0 Å². The molecule has 0 aromatic rings. The van der Waals surface area contributed by atoms with Crippen LogP contribution in [0.25, 0.3) is 0 Å². The minimum absolute atomic E-state index is 0.221. The van der Waals surface area contributed by atoms with E-state index >= 15 is 0 Å². The van der Waals surface area contributed by atoms with Crippen molar-refractivity contribution in [3.63, 3.8) is 0 Å². The Morgan fingerprint density at radius 3 is 1.53 bits per heavy atom. The van der Waals surface area contributed by atoms with Gasteiger partial charge in [-0.1, -0.05) is 77.6 Å². The van der Waals surface area contributed by atoms with Crippen LogP contribution in [0, 0.1) is 0 Å². The van der Waals surface area contributed by atoms with Crippen LogP contribution < -0.4 is 0 Å². The highest BCUT2D eigenvalue weighted by molar-refractivity contribution is 5.71. The summed E-state index contributed by atoms with van der Waals surface area (Å²) in [5.74, 6) is -2.14. The van der Waals surface area contributed by atoms with Crippen LogP contribution >= 0.6 is 0 Å². The molecule has 0 fully saturated rings. The Kier molecular flexibility index (Phi) is 22.6. The Bertz CT molecular complexity index is 650. The van der Waals surface area contributed by atoms with Crippen LogP contribution in [0.5, 0.6) is 0 Å². The average molecular weight is 545 g/mol. The van der Waals surface area contributed by atoms with Crippen LogP contribution in [-0.4, -0.2) is 60.5 Å². The highest BCUT2D eigenvalue weighted by Crippen LogP contribution is 2.19. The number of aliphatic hydroxyl groups excluding tert-OH is 1. The molecule has 0 aromatic carbocycles. The van der Waals surface area contributed by atoms with Gasteiger partial charge in [-0.15, -0.1) is 0 Å². The molecular weight excluding hydrogens is 492 g/mol. The highest BCUT2D eigenvalue weighted by atomic mass is 16.6. The Balaban J connectivity index is 4.43. The minimum Gasteiger partial charge on any atom is -0.463 e. The smallest absolute Gasteiger partial charge is 0.310 e. The topological polar surface area (TPSA) is 125 Å². The second-order valence-corrected chi connectivity index (χ2v) is 10.0. The summed E-state index contributed by atoms with van der Waals surface area (Å²) >= 11 is 0. The Morgan fingerprint density at radius 1 is 0.579 bits per heavy atom. The number of carbonyl (C=O) groups is 4. The van der Waals surface area contributed by atoms with E-state index in [2.05, 4.69) is 6.92 Å². The third-order valence-electron chi connectivity index (χ3n) is 6.22. The number of rotatable bonds is 24. The maximum absolute atomic E-state index is 12.3. The largest absolute Gasteiger partial charge is 0.463 e. The lowest BCUT2D eigenvalue weighted by Crippen LogP contribution is -2.31. The van der Waals surface area contributed by atoms with E-state index < -0.39 is 36.7 Å². The first-order chi connectivity index (χ1) is 18.2. The molecule has 0 spiro atoms. The molecule has 9 heteroatoms. The molecular formula is C29H52O9. The van der Waals surface area contributed by atoms with Crippen molar-refractivity contribution in [1.82, 2.24) is 0 Å². The van der Waals surface area contributed by atoms with Crippen LogP contribution in [0.4, 0.5) is 0 Å². The second-order valence-electron chi connectivity index (χ2n) is 10.0. The Morgan fingerprint density at radius 2 is 1.05 bits per heavy atom. The first kappa shape index (κ1) is 35.8. The number of ether oxygens (including phenoxy) is 4. The molecule has 222 valence electrons. The molecule has 0 radical (unpaired) electrons. The van der Waals surface area contributed by atoms with Crippen molar-refractivity contribution in [2.75, 3.05) is 13.2 Å². The van der Waals surface area contributed by atoms with Gasteiger partial charge < -0.3 is 24.1 Å². The molecule has 0 unspecified atom stereocenters. The molecule has 0 saturated heterocycles. The zero-order valence-corrected chi connectivity index (χ0v) is 24.2. The molecule has 9 nitrogen and oxygen atoms in total. The van der Waals surface area contributed by atoms with Crippen molar-refractivity contribution in [2.24, 2.45) is 0 Å². The molecule has 1 N–H and O–H groups in total. The van der Waals surface area contributed by atoms with E-state index in [1.807, 2.05) is 0 Å². The van der Waals surface area contributed by atoms with Crippen LogP contribution in [0.2, 0.25) is 0 Å². The zero-order valence-electron chi connectivity index (χ0n) is 24.2. The zero-order chi connectivity index (χ0) is 28.6.